The lowest BCUT2D eigenvalue weighted by Crippen LogP contribution is -1.97. The normalized spacial score (nSPS) is 10.2. The first-order valence-electron chi connectivity index (χ1n) is 5.01. The molecule has 17 heavy (non-hydrogen) atoms. The third-order valence-corrected chi connectivity index (χ3v) is 3.13. The van der Waals surface area contributed by atoms with Gasteiger partial charge in [0.05, 0.1) is 4.47 Å². The Morgan fingerprint density at radius 2 is 1.94 bits per heavy atom. The Hall–Kier alpha value is -1.55. The van der Waals surface area contributed by atoms with Crippen molar-refractivity contribution in [3.05, 3.63) is 58.3 Å². The summed E-state index contributed by atoms with van der Waals surface area (Å²) in [6.07, 6.45) is 0. The lowest BCUT2D eigenvalue weighted by atomic mass is 10.2. The quantitative estimate of drug-likeness (QED) is 0.931. The molecule has 0 amide bonds. The highest BCUT2D eigenvalue weighted by Gasteiger charge is 2.05. The van der Waals surface area contributed by atoms with Gasteiger partial charge in [0.25, 0.3) is 0 Å². The van der Waals surface area contributed by atoms with Crippen LogP contribution in [0, 0.1) is 5.82 Å². The van der Waals surface area contributed by atoms with E-state index < -0.39 is 0 Å². The summed E-state index contributed by atoms with van der Waals surface area (Å²) in [6.45, 7) is 0.238. The lowest BCUT2D eigenvalue weighted by molar-refractivity contribution is 0.303. The molecule has 2 aromatic carbocycles. The number of ether oxygens (including phenoxy) is 1. The highest BCUT2D eigenvalue weighted by molar-refractivity contribution is 9.10. The molecule has 0 saturated heterocycles. The maximum Gasteiger partial charge on any atom is 0.137 e. The molecule has 0 fully saturated rings. The number of hydrogen-bond acceptors (Lipinski definition) is 2. The van der Waals surface area contributed by atoms with Gasteiger partial charge in [-0.15, -0.1) is 0 Å². The number of halogens is 2. The molecular weight excluding hydrogens is 287 g/mol. The van der Waals surface area contributed by atoms with E-state index >= 15 is 0 Å². The molecule has 0 spiro atoms. The third-order valence-electron chi connectivity index (χ3n) is 2.24. The fraction of sp³-hybridized carbons (Fsp3) is 0.0769. The van der Waals surface area contributed by atoms with E-state index in [4.69, 9.17) is 4.74 Å². The van der Waals surface area contributed by atoms with Crippen LogP contribution in [0.5, 0.6) is 11.5 Å². The van der Waals surface area contributed by atoms with Crippen LogP contribution < -0.4 is 4.74 Å². The lowest BCUT2D eigenvalue weighted by Gasteiger charge is -2.08. The van der Waals surface area contributed by atoms with Gasteiger partial charge in [-0.2, -0.15) is 0 Å². The van der Waals surface area contributed by atoms with Crippen LogP contribution in [-0.2, 0) is 6.61 Å². The summed E-state index contributed by atoms with van der Waals surface area (Å²) in [4.78, 5) is 0. The number of aromatic hydroxyl groups is 1. The number of phenolic OH excluding ortho intramolecular Hbond substituents is 1. The maximum atomic E-state index is 13.2. The van der Waals surface area contributed by atoms with Crippen LogP contribution in [0.3, 0.4) is 0 Å². The molecule has 0 atom stereocenters. The van der Waals surface area contributed by atoms with Crippen molar-refractivity contribution in [2.24, 2.45) is 0 Å². The van der Waals surface area contributed by atoms with Crippen molar-refractivity contribution in [1.29, 1.82) is 0 Å². The molecule has 4 heteroatoms. The van der Waals surface area contributed by atoms with Crippen LogP contribution in [0.1, 0.15) is 5.56 Å². The second kappa shape index (κ2) is 5.19. The van der Waals surface area contributed by atoms with Crippen molar-refractivity contribution in [3.8, 4) is 11.5 Å². The Morgan fingerprint density at radius 1 is 1.18 bits per heavy atom. The monoisotopic (exact) mass is 296 g/mol. The molecule has 0 aromatic heterocycles. The summed E-state index contributed by atoms with van der Waals surface area (Å²) in [5.74, 6) is 0.365. The van der Waals surface area contributed by atoms with Gasteiger partial charge in [0.15, 0.2) is 0 Å². The number of benzene rings is 2. The zero-order valence-corrected chi connectivity index (χ0v) is 10.4. The highest BCUT2D eigenvalue weighted by Crippen LogP contribution is 2.23. The van der Waals surface area contributed by atoms with Gasteiger partial charge in [0, 0.05) is 11.6 Å². The largest absolute Gasteiger partial charge is 0.508 e. The zero-order valence-electron chi connectivity index (χ0n) is 8.86. The van der Waals surface area contributed by atoms with Crippen molar-refractivity contribution in [2.75, 3.05) is 0 Å². The van der Waals surface area contributed by atoms with Gasteiger partial charge in [-0.25, -0.2) is 4.39 Å². The Balaban J connectivity index is 2.10. The van der Waals surface area contributed by atoms with E-state index in [1.807, 2.05) is 0 Å². The molecule has 88 valence electrons. The van der Waals surface area contributed by atoms with E-state index in [1.54, 1.807) is 30.3 Å². The van der Waals surface area contributed by atoms with Crippen molar-refractivity contribution in [1.82, 2.24) is 0 Å². The second-order valence-corrected chi connectivity index (χ2v) is 4.29. The molecule has 0 heterocycles. The molecule has 0 aliphatic rings. The van der Waals surface area contributed by atoms with Crippen molar-refractivity contribution in [2.45, 2.75) is 6.61 Å². The minimum Gasteiger partial charge on any atom is -0.508 e. The van der Waals surface area contributed by atoms with Crippen LogP contribution >= 0.6 is 15.9 Å². The van der Waals surface area contributed by atoms with E-state index in [-0.39, 0.29) is 18.2 Å². The molecule has 1 N–H and O–H groups in total. The second-order valence-electron chi connectivity index (χ2n) is 3.50. The van der Waals surface area contributed by atoms with Gasteiger partial charge >= 0.3 is 0 Å². The Labute approximate surface area is 107 Å². The van der Waals surface area contributed by atoms with Gasteiger partial charge in [-0.3, -0.25) is 0 Å². The van der Waals surface area contributed by atoms with E-state index in [0.29, 0.717) is 15.8 Å². The first-order chi connectivity index (χ1) is 8.16. The average Bonchev–Trinajstić information content (AvgIpc) is 2.31. The third kappa shape index (κ3) is 2.97. The molecule has 0 unspecified atom stereocenters. The standard InChI is InChI=1S/C13H10BrFO2/c14-13-9(3-1-6-12(13)15)8-17-11-5-2-4-10(16)7-11/h1-7,16H,8H2. The predicted molar refractivity (Wildman–Crippen MR) is 66.5 cm³/mol. The topological polar surface area (TPSA) is 29.5 Å². The Kier molecular flexibility index (Phi) is 3.64. The van der Waals surface area contributed by atoms with Gasteiger partial charge in [0.2, 0.25) is 0 Å². The summed E-state index contributed by atoms with van der Waals surface area (Å²) in [5.41, 5.74) is 0.716. The van der Waals surface area contributed by atoms with Crippen molar-refractivity contribution in [3.63, 3.8) is 0 Å². The van der Waals surface area contributed by atoms with Crippen LogP contribution in [0.4, 0.5) is 4.39 Å². The molecular formula is C13H10BrFO2. The fourth-order valence-electron chi connectivity index (χ4n) is 1.39. The summed E-state index contributed by atoms with van der Waals surface area (Å²) in [6, 6.07) is 11.3. The van der Waals surface area contributed by atoms with Crippen LogP contribution in [0.2, 0.25) is 0 Å². The molecule has 0 saturated carbocycles. The van der Waals surface area contributed by atoms with Gasteiger partial charge in [0.1, 0.15) is 23.9 Å². The SMILES string of the molecule is Oc1cccc(OCc2cccc(F)c2Br)c1. The number of phenols is 1. The van der Waals surface area contributed by atoms with Crippen LogP contribution in [0.25, 0.3) is 0 Å². The van der Waals surface area contributed by atoms with E-state index in [0.717, 1.165) is 0 Å². The van der Waals surface area contributed by atoms with E-state index in [9.17, 15) is 9.50 Å². The van der Waals surface area contributed by atoms with Crippen molar-refractivity contribution < 1.29 is 14.2 Å². The number of hydrogen-bond donors (Lipinski definition) is 1. The van der Waals surface area contributed by atoms with E-state index in [2.05, 4.69) is 15.9 Å². The molecule has 0 aliphatic heterocycles. The van der Waals surface area contributed by atoms with Gasteiger partial charge in [-0.1, -0.05) is 18.2 Å². The molecule has 2 aromatic rings. The smallest absolute Gasteiger partial charge is 0.137 e. The van der Waals surface area contributed by atoms with Gasteiger partial charge < -0.3 is 9.84 Å². The summed E-state index contributed by atoms with van der Waals surface area (Å²) in [5, 5.41) is 9.26. The minimum atomic E-state index is -0.318. The summed E-state index contributed by atoms with van der Waals surface area (Å²) in [7, 11) is 0. The molecule has 0 radical (unpaired) electrons. The first-order valence-corrected chi connectivity index (χ1v) is 5.81. The van der Waals surface area contributed by atoms with E-state index in [1.165, 1.54) is 12.1 Å². The summed E-state index contributed by atoms with van der Waals surface area (Å²) >= 11 is 3.16. The number of rotatable bonds is 3. The fourth-order valence-corrected chi connectivity index (χ4v) is 1.77. The average molecular weight is 297 g/mol. The highest BCUT2D eigenvalue weighted by atomic mass is 79.9. The van der Waals surface area contributed by atoms with Crippen LogP contribution in [-0.4, -0.2) is 5.11 Å². The predicted octanol–water partition coefficient (Wildman–Crippen LogP) is 3.87. The van der Waals surface area contributed by atoms with Crippen LogP contribution in [0.15, 0.2) is 46.9 Å². The first kappa shape index (κ1) is 11.9. The Bertz CT molecular complexity index is 529. The molecule has 0 aliphatic carbocycles. The molecule has 2 nitrogen and oxygen atoms in total. The zero-order chi connectivity index (χ0) is 12.3. The minimum absolute atomic E-state index is 0.140. The maximum absolute atomic E-state index is 13.2. The Morgan fingerprint density at radius 3 is 2.71 bits per heavy atom. The molecule has 2 rings (SSSR count). The summed E-state index contributed by atoms with van der Waals surface area (Å²) < 4.78 is 19.1. The van der Waals surface area contributed by atoms with Crippen molar-refractivity contribution >= 4 is 15.9 Å². The van der Waals surface area contributed by atoms with Gasteiger partial charge in [-0.05, 0) is 34.1 Å². The molecule has 0 bridgehead atoms.